The quantitative estimate of drug-likeness (QED) is 0.213. The Morgan fingerprint density at radius 1 is 0.634 bits per heavy atom. The summed E-state index contributed by atoms with van der Waals surface area (Å²) < 4.78 is 13.4. The van der Waals surface area contributed by atoms with Crippen LogP contribution in [-0.4, -0.2) is 24.0 Å². The normalized spacial score (nSPS) is 12.7. The van der Waals surface area contributed by atoms with Gasteiger partial charge < -0.3 is 20.1 Å². The molecule has 0 saturated heterocycles. The monoisotopic (exact) mass is 670 g/mol. The van der Waals surface area contributed by atoms with E-state index in [-0.39, 0.29) is 23.7 Å². The van der Waals surface area contributed by atoms with Crippen LogP contribution in [0.3, 0.4) is 0 Å². The van der Waals surface area contributed by atoms with E-state index in [0.717, 1.165) is 44.8 Å². The fourth-order valence-electron chi connectivity index (χ4n) is 5.07. The van der Waals surface area contributed by atoms with Crippen molar-refractivity contribution in [3.63, 3.8) is 0 Å². The van der Waals surface area contributed by atoms with Crippen LogP contribution in [0.25, 0.3) is 0 Å². The molecule has 0 saturated carbocycles. The topological polar surface area (TPSA) is 76.7 Å². The third-order valence-electron chi connectivity index (χ3n) is 7.01. The number of anilines is 2. The van der Waals surface area contributed by atoms with Crippen LogP contribution in [0.1, 0.15) is 61.1 Å². The van der Waals surface area contributed by atoms with Gasteiger partial charge in [0, 0.05) is 11.4 Å². The van der Waals surface area contributed by atoms with Gasteiger partial charge in [-0.1, -0.05) is 69.2 Å². The molecule has 7 heteroatoms. The van der Waals surface area contributed by atoms with Gasteiger partial charge in [-0.05, 0) is 110 Å². The Morgan fingerprint density at radius 3 is 1.24 bits per heavy atom. The number of nitrogens with one attached hydrogen (secondary N) is 2. The van der Waals surface area contributed by atoms with Crippen molar-refractivity contribution in [3.05, 3.63) is 79.4 Å². The highest BCUT2D eigenvalue weighted by molar-refractivity contribution is 14.1. The summed E-state index contributed by atoms with van der Waals surface area (Å²) in [5, 5.41) is 6.18. The van der Waals surface area contributed by atoms with Gasteiger partial charge in [-0.2, -0.15) is 0 Å². The zero-order valence-electron chi connectivity index (χ0n) is 25.9. The number of carbonyl (C=O) groups excluding carboxylic acids is 2. The van der Waals surface area contributed by atoms with Crippen LogP contribution >= 0.6 is 22.6 Å². The number of rotatable bonds is 10. The first kappa shape index (κ1) is 32.4. The predicted molar refractivity (Wildman–Crippen MR) is 176 cm³/mol. The van der Waals surface area contributed by atoms with Gasteiger partial charge in [0.25, 0.3) is 11.8 Å². The zero-order valence-corrected chi connectivity index (χ0v) is 28.0. The molecule has 2 amide bonds. The Hall–Kier alpha value is -3.07. The Bertz CT molecular complexity index is 1280. The molecule has 0 aliphatic heterocycles. The molecule has 3 rings (SSSR count). The van der Waals surface area contributed by atoms with E-state index in [1.165, 1.54) is 0 Å². The summed E-state index contributed by atoms with van der Waals surface area (Å²) in [5.74, 6) is 0.471. The minimum absolute atomic E-state index is 0.0865. The summed E-state index contributed by atoms with van der Waals surface area (Å²) in [6, 6.07) is 13.7. The minimum Gasteiger partial charge on any atom is -0.479 e. The van der Waals surface area contributed by atoms with E-state index in [9.17, 15) is 9.59 Å². The molecule has 0 aliphatic rings. The fraction of sp³-hybridized carbons (Fsp3) is 0.412. The Kier molecular flexibility index (Phi) is 10.9. The molecule has 0 bridgehead atoms. The van der Waals surface area contributed by atoms with Crippen LogP contribution in [0.5, 0.6) is 11.5 Å². The molecule has 0 aliphatic carbocycles. The second-order valence-electron chi connectivity index (χ2n) is 11.7. The number of hydrogen-bond donors (Lipinski definition) is 2. The fourth-order valence-corrected chi connectivity index (χ4v) is 5.69. The average molecular weight is 671 g/mol. The first-order valence-corrected chi connectivity index (χ1v) is 15.2. The molecular formula is C34H43IN2O4. The van der Waals surface area contributed by atoms with Gasteiger partial charge in [0.1, 0.15) is 11.5 Å². The van der Waals surface area contributed by atoms with Gasteiger partial charge in [0.2, 0.25) is 0 Å². The highest BCUT2D eigenvalue weighted by atomic mass is 127. The molecule has 0 heterocycles. The van der Waals surface area contributed by atoms with Gasteiger partial charge in [0.15, 0.2) is 12.2 Å². The maximum absolute atomic E-state index is 13.4. The van der Waals surface area contributed by atoms with Gasteiger partial charge >= 0.3 is 0 Å². The number of hydrogen-bond acceptors (Lipinski definition) is 4. The van der Waals surface area contributed by atoms with E-state index in [4.69, 9.17) is 9.47 Å². The van der Waals surface area contributed by atoms with Crippen LogP contribution < -0.4 is 20.1 Å². The molecule has 3 aromatic rings. The van der Waals surface area contributed by atoms with Crippen LogP contribution in [0.4, 0.5) is 11.4 Å². The summed E-state index contributed by atoms with van der Waals surface area (Å²) >= 11 is 2.16. The second-order valence-corrected chi connectivity index (χ2v) is 12.7. The molecule has 6 nitrogen and oxygen atoms in total. The Morgan fingerprint density at radius 2 is 0.951 bits per heavy atom. The summed E-state index contributed by atoms with van der Waals surface area (Å²) in [5.41, 5.74) is 7.97. The maximum Gasteiger partial charge on any atom is 0.265 e. The molecule has 0 spiro atoms. The number of aryl methyl sites for hydroxylation is 6. The molecule has 3 aromatic carbocycles. The Balaban J connectivity index is 1.83. The molecule has 0 aromatic heterocycles. The number of halogens is 1. The lowest BCUT2D eigenvalue weighted by molar-refractivity contribution is -0.125. The molecule has 0 radical (unpaired) electrons. The van der Waals surface area contributed by atoms with E-state index in [1.807, 2.05) is 87.4 Å². The third-order valence-corrected chi connectivity index (χ3v) is 8.08. The largest absolute Gasteiger partial charge is 0.479 e. The lowest BCUT2D eigenvalue weighted by Crippen LogP contribution is -2.38. The number of ether oxygens (including phenoxy) is 2. The first-order valence-electron chi connectivity index (χ1n) is 14.1. The van der Waals surface area contributed by atoms with Crippen LogP contribution in [0.15, 0.2) is 42.5 Å². The van der Waals surface area contributed by atoms with E-state index in [1.54, 1.807) is 0 Å². The van der Waals surface area contributed by atoms with Crippen molar-refractivity contribution in [2.24, 2.45) is 11.8 Å². The van der Waals surface area contributed by atoms with Crippen molar-refractivity contribution < 1.29 is 19.1 Å². The van der Waals surface area contributed by atoms with E-state index >= 15 is 0 Å². The number of amides is 2. The van der Waals surface area contributed by atoms with Crippen LogP contribution in [0, 0.1) is 56.9 Å². The van der Waals surface area contributed by atoms with Gasteiger partial charge in [0.05, 0.1) is 3.57 Å². The summed E-state index contributed by atoms with van der Waals surface area (Å²) in [6.45, 7) is 19.9. The number of benzene rings is 3. The molecule has 2 atom stereocenters. The van der Waals surface area contributed by atoms with Gasteiger partial charge in [-0.25, -0.2) is 0 Å². The second kappa shape index (κ2) is 13.7. The third kappa shape index (κ3) is 8.03. The summed E-state index contributed by atoms with van der Waals surface area (Å²) in [4.78, 5) is 26.9. The highest BCUT2D eigenvalue weighted by Gasteiger charge is 2.29. The van der Waals surface area contributed by atoms with Crippen LogP contribution in [0.2, 0.25) is 0 Å². The van der Waals surface area contributed by atoms with E-state index in [0.29, 0.717) is 15.1 Å². The molecular weight excluding hydrogens is 627 g/mol. The zero-order chi connectivity index (χ0) is 30.6. The lowest BCUT2D eigenvalue weighted by atomic mass is 10.0. The van der Waals surface area contributed by atoms with Crippen molar-refractivity contribution in [2.45, 2.75) is 81.4 Å². The van der Waals surface area contributed by atoms with Gasteiger partial charge in [-0.15, -0.1) is 0 Å². The standard InChI is InChI=1S/C34H43IN2O4/c1-18(2)31(33(38)36-29-22(7)14-20(5)15-23(29)8)40-26-12-11-13-27(28(26)35)41-32(19(3)4)34(39)37-30-24(9)16-21(6)17-25(30)10/h11-19,31-32H,1-10H3,(H,36,38)(H,37,39)/t31-,32-/m1/s1. The minimum atomic E-state index is -0.726. The molecule has 41 heavy (non-hydrogen) atoms. The van der Waals surface area contributed by atoms with Crippen molar-refractivity contribution in [2.75, 3.05) is 10.6 Å². The molecule has 2 N–H and O–H groups in total. The van der Waals surface area contributed by atoms with Crippen LogP contribution in [-0.2, 0) is 9.59 Å². The van der Waals surface area contributed by atoms with Crippen molar-refractivity contribution in [3.8, 4) is 11.5 Å². The van der Waals surface area contributed by atoms with Crippen molar-refractivity contribution in [1.82, 2.24) is 0 Å². The first-order chi connectivity index (χ1) is 19.2. The number of carbonyl (C=O) groups is 2. The highest BCUT2D eigenvalue weighted by Crippen LogP contribution is 2.34. The Labute approximate surface area is 258 Å². The maximum atomic E-state index is 13.4. The SMILES string of the molecule is Cc1cc(C)c(NC(=O)[C@H](Oc2cccc(O[C@@H](C(=O)Nc3c(C)cc(C)cc3C)C(C)C)c2I)C(C)C)c(C)c1. The molecule has 0 fully saturated rings. The average Bonchev–Trinajstić information content (AvgIpc) is 2.86. The smallest absolute Gasteiger partial charge is 0.265 e. The summed E-state index contributed by atoms with van der Waals surface area (Å²) in [6.07, 6.45) is -1.45. The molecule has 220 valence electrons. The summed E-state index contributed by atoms with van der Waals surface area (Å²) in [7, 11) is 0. The lowest BCUT2D eigenvalue weighted by Gasteiger charge is -2.26. The van der Waals surface area contributed by atoms with Crippen molar-refractivity contribution in [1.29, 1.82) is 0 Å². The molecule has 0 unspecified atom stereocenters. The van der Waals surface area contributed by atoms with Crippen molar-refractivity contribution >= 4 is 45.8 Å². The van der Waals surface area contributed by atoms with E-state index in [2.05, 4.69) is 57.5 Å². The van der Waals surface area contributed by atoms with E-state index < -0.39 is 12.2 Å². The van der Waals surface area contributed by atoms with Gasteiger partial charge in [-0.3, -0.25) is 9.59 Å². The predicted octanol–water partition coefficient (Wildman–Crippen LogP) is 8.23.